The van der Waals surface area contributed by atoms with E-state index in [1.165, 1.54) is 60.8 Å². The summed E-state index contributed by atoms with van der Waals surface area (Å²) >= 11 is 0. The second kappa shape index (κ2) is 10.6. The minimum Gasteiger partial charge on any atom is -0.488 e. The summed E-state index contributed by atoms with van der Waals surface area (Å²) in [5.41, 5.74) is 13.4. The van der Waals surface area contributed by atoms with Gasteiger partial charge in [-0.2, -0.15) is 0 Å². The van der Waals surface area contributed by atoms with E-state index in [0.29, 0.717) is 6.61 Å². The van der Waals surface area contributed by atoms with E-state index in [1.807, 2.05) is 6.08 Å². The van der Waals surface area contributed by atoms with Gasteiger partial charge in [-0.15, -0.1) is 6.42 Å². The Labute approximate surface area is 258 Å². The van der Waals surface area contributed by atoms with Gasteiger partial charge < -0.3 is 9.30 Å². The van der Waals surface area contributed by atoms with Crippen LogP contribution in [0.2, 0.25) is 0 Å². The predicted molar refractivity (Wildman–Crippen MR) is 185 cm³/mol. The summed E-state index contributed by atoms with van der Waals surface area (Å²) in [6.07, 6.45) is 15.9. The molecule has 44 heavy (non-hydrogen) atoms. The zero-order chi connectivity index (χ0) is 29.6. The first-order valence-corrected chi connectivity index (χ1v) is 15.2. The highest BCUT2D eigenvalue weighted by atomic mass is 16.5. The zero-order valence-electron chi connectivity index (χ0n) is 24.7. The number of aromatic nitrogens is 1. The van der Waals surface area contributed by atoms with Gasteiger partial charge in [-0.25, -0.2) is 0 Å². The van der Waals surface area contributed by atoms with Gasteiger partial charge in [-0.05, 0) is 106 Å². The van der Waals surface area contributed by atoms with Crippen LogP contribution in [0, 0.1) is 12.3 Å². The minimum absolute atomic E-state index is 0.525. The molecule has 2 heterocycles. The Balaban J connectivity index is 1.23. The van der Waals surface area contributed by atoms with E-state index in [9.17, 15) is 0 Å². The average molecular weight is 566 g/mol. The van der Waals surface area contributed by atoms with Crippen LogP contribution < -0.4 is 4.74 Å². The summed E-state index contributed by atoms with van der Waals surface area (Å²) in [6.45, 7) is 2.70. The maximum atomic E-state index is 6.23. The van der Waals surface area contributed by atoms with Crippen LogP contribution >= 0.6 is 0 Å². The SMILES string of the molecule is C#C/C=C\C1=C(C)c2c(cccc2-n2c3c(c4cc(-c5ccc(-c6ccc7ccccc7c6)cc5)ccc42)C=CCC3)OC1. The van der Waals surface area contributed by atoms with Gasteiger partial charge in [0, 0.05) is 22.2 Å². The van der Waals surface area contributed by atoms with E-state index in [4.69, 9.17) is 11.2 Å². The number of fused-ring (bicyclic) bond motifs is 5. The molecule has 0 fully saturated rings. The lowest BCUT2D eigenvalue weighted by atomic mass is 9.96. The van der Waals surface area contributed by atoms with Crippen molar-refractivity contribution in [2.24, 2.45) is 0 Å². The lowest BCUT2D eigenvalue weighted by molar-refractivity contribution is 0.349. The molecule has 0 radical (unpaired) electrons. The molecule has 6 aromatic rings. The number of hydrogen-bond acceptors (Lipinski definition) is 1. The van der Waals surface area contributed by atoms with Crippen LogP contribution in [0.25, 0.3) is 61.3 Å². The first-order chi connectivity index (χ1) is 21.7. The molecule has 8 rings (SSSR count). The molecule has 1 aliphatic carbocycles. The summed E-state index contributed by atoms with van der Waals surface area (Å²) < 4.78 is 8.69. The van der Waals surface area contributed by atoms with Crippen LogP contribution in [0.15, 0.2) is 127 Å². The van der Waals surface area contributed by atoms with E-state index in [2.05, 4.69) is 133 Å². The normalized spacial score (nSPS) is 14.1. The Morgan fingerprint density at radius 3 is 2.36 bits per heavy atom. The van der Waals surface area contributed by atoms with Crippen molar-refractivity contribution in [2.45, 2.75) is 19.8 Å². The summed E-state index contributed by atoms with van der Waals surface area (Å²) in [5.74, 6) is 3.54. The molecule has 2 heteroatoms. The fourth-order valence-electron chi connectivity index (χ4n) is 6.85. The van der Waals surface area contributed by atoms with Crippen LogP contribution in [0.1, 0.15) is 30.2 Å². The van der Waals surface area contributed by atoms with Crippen molar-refractivity contribution in [3.63, 3.8) is 0 Å². The van der Waals surface area contributed by atoms with Gasteiger partial charge in [0.2, 0.25) is 0 Å². The van der Waals surface area contributed by atoms with Gasteiger partial charge in [-0.3, -0.25) is 0 Å². The second-order valence-corrected chi connectivity index (χ2v) is 11.6. The lowest BCUT2D eigenvalue weighted by Gasteiger charge is -2.25. The molecule has 210 valence electrons. The number of ether oxygens (including phenoxy) is 1. The molecular formula is C42H31NO. The molecule has 0 saturated carbocycles. The number of rotatable bonds is 4. The van der Waals surface area contributed by atoms with Crippen molar-refractivity contribution in [3.05, 3.63) is 144 Å². The number of hydrogen-bond donors (Lipinski definition) is 0. The van der Waals surface area contributed by atoms with Crippen molar-refractivity contribution in [2.75, 3.05) is 6.61 Å². The molecule has 1 aromatic heterocycles. The molecule has 2 aliphatic rings. The molecular weight excluding hydrogens is 534 g/mol. The smallest absolute Gasteiger partial charge is 0.129 e. The standard InChI is InChI=1S/C42H31NO/c1-3-4-10-35-27-44-41-16-9-15-40(42(41)28(35)2)43-38-14-8-7-13-36(38)37-26-34(23-24-39(37)43)31-19-17-30(18-20-31)33-22-21-29-11-5-6-12-32(29)25-33/h1,4-7,9-13,15-26H,8,14,27H2,2H3/b10-4-. The van der Waals surface area contributed by atoms with Gasteiger partial charge in [0.15, 0.2) is 0 Å². The summed E-state index contributed by atoms with van der Waals surface area (Å²) in [6, 6.07) is 37.5. The fourth-order valence-corrected chi connectivity index (χ4v) is 6.85. The third kappa shape index (κ3) is 4.29. The molecule has 1 aliphatic heterocycles. The average Bonchev–Trinajstić information content (AvgIpc) is 3.41. The first kappa shape index (κ1) is 26.1. The van der Waals surface area contributed by atoms with E-state index in [0.717, 1.165) is 35.4 Å². The number of terminal acetylenes is 1. The number of benzene rings is 5. The molecule has 0 unspecified atom stereocenters. The van der Waals surface area contributed by atoms with Gasteiger partial charge in [0.05, 0.1) is 11.2 Å². The van der Waals surface area contributed by atoms with Crippen LogP contribution in [0.5, 0.6) is 5.75 Å². The monoisotopic (exact) mass is 565 g/mol. The van der Waals surface area contributed by atoms with Crippen molar-refractivity contribution in [1.82, 2.24) is 4.57 Å². The summed E-state index contributed by atoms with van der Waals surface area (Å²) in [7, 11) is 0. The topological polar surface area (TPSA) is 14.2 Å². The third-order valence-corrected chi connectivity index (χ3v) is 9.11. The van der Waals surface area contributed by atoms with Crippen molar-refractivity contribution < 1.29 is 4.74 Å². The van der Waals surface area contributed by atoms with Crippen LogP contribution in [-0.4, -0.2) is 11.2 Å². The molecule has 5 aromatic carbocycles. The second-order valence-electron chi connectivity index (χ2n) is 11.6. The summed E-state index contributed by atoms with van der Waals surface area (Å²) in [5, 5.41) is 3.80. The third-order valence-electron chi connectivity index (χ3n) is 9.11. The van der Waals surface area contributed by atoms with Crippen molar-refractivity contribution in [1.29, 1.82) is 0 Å². The van der Waals surface area contributed by atoms with Crippen molar-refractivity contribution >= 4 is 33.3 Å². The Bertz CT molecular complexity index is 2230. The molecule has 0 saturated heterocycles. The van der Waals surface area contributed by atoms with E-state index in [-0.39, 0.29) is 0 Å². The van der Waals surface area contributed by atoms with Crippen LogP contribution in [0.4, 0.5) is 0 Å². The number of allylic oxidation sites excluding steroid dienone is 3. The largest absolute Gasteiger partial charge is 0.488 e. The highest BCUT2D eigenvalue weighted by Crippen LogP contribution is 2.42. The fraction of sp³-hybridized carbons (Fsp3) is 0.0952. The van der Waals surface area contributed by atoms with Gasteiger partial charge in [0.1, 0.15) is 12.4 Å². The lowest BCUT2D eigenvalue weighted by Crippen LogP contribution is -2.13. The van der Waals surface area contributed by atoms with Crippen LogP contribution in [0.3, 0.4) is 0 Å². The first-order valence-electron chi connectivity index (χ1n) is 15.2. The van der Waals surface area contributed by atoms with Gasteiger partial charge in [0.25, 0.3) is 0 Å². The molecule has 0 amide bonds. The minimum atomic E-state index is 0.525. The predicted octanol–water partition coefficient (Wildman–Crippen LogP) is 10.4. The Hall–Kier alpha value is -5.52. The quantitative estimate of drug-likeness (QED) is 0.194. The molecule has 0 N–H and O–H groups in total. The summed E-state index contributed by atoms with van der Waals surface area (Å²) in [4.78, 5) is 0. The van der Waals surface area contributed by atoms with E-state index < -0.39 is 0 Å². The molecule has 0 bridgehead atoms. The maximum Gasteiger partial charge on any atom is 0.129 e. The Kier molecular flexibility index (Phi) is 6.32. The highest BCUT2D eigenvalue weighted by molar-refractivity contribution is 5.97. The van der Waals surface area contributed by atoms with E-state index in [1.54, 1.807) is 6.08 Å². The zero-order valence-corrected chi connectivity index (χ0v) is 24.7. The maximum absolute atomic E-state index is 6.23. The number of nitrogens with zero attached hydrogens (tertiary/aromatic N) is 1. The van der Waals surface area contributed by atoms with Crippen molar-refractivity contribution in [3.8, 4) is 46.0 Å². The van der Waals surface area contributed by atoms with Crippen LogP contribution in [-0.2, 0) is 6.42 Å². The Morgan fingerprint density at radius 1 is 0.795 bits per heavy atom. The van der Waals surface area contributed by atoms with Gasteiger partial charge in [-0.1, -0.05) is 90.9 Å². The molecule has 0 atom stereocenters. The van der Waals surface area contributed by atoms with Gasteiger partial charge >= 0.3 is 0 Å². The van der Waals surface area contributed by atoms with E-state index >= 15 is 0 Å². The Morgan fingerprint density at radius 2 is 1.55 bits per heavy atom. The molecule has 2 nitrogen and oxygen atoms in total. The highest BCUT2D eigenvalue weighted by Gasteiger charge is 2.25. The molecule has 0 spiro atoms.